The van der Waals surface area contributed by atoms with Crippen LogP contribution in [0.3, 0.4) is 0 Å². The van der Waals surface area contributed by atoms with Gasteiger partial charge in [-0.1, -0.05) is 12.1 Å². The highest BCUT2D eigenvalue weighted by molar-refractivity contribution is 5.31. The van der Waals surface area contributed by atoms with E-state index in [1.54, 1.807) is 7.11 Å². The summed E-state index contributed by atoms with van der Waals surface area (Å²) in [6.45, 7) is 4.21. The van der Waals surface area contributed by atoms with Crippen molar-refractivity contribution < 1.29 is 9.47 Å². The maximum Gasteiger partial charge on any atom is 0.121 e. The minimum absolute atomic E-state index is 0.280. The summed E-state index contributed by atoms with van der Waals surface area (Å²) >= 11 is 0. The first-order valence-corrected chi connectivity index (χ1v) is 6.16. The molecule has 4 heteroatoms. The van der Waals surface area contributed by atoms with Crippen molar-refractivity contribution >= 4 is 0 Å². The highest BCUT2D eigenvalue weighted by Gasteiger charge is 2.08. The maximum absolute atomic E-state index is 9.13. The first kappa shape index (κ1) is 14.5. The lowest BCUT2D eigenvalue weighted by molar-refractivity contribution is 0.144. The molecular formula is C14H20N2O2. The Labute approximate surface area is 109 Å². The summed E-state index contributed by atoms with van der Waals surface area (Å²) in [5.74, 6) is 0.798. The van der Waals surface area contributed by atoms with Crippen LogP contribution in [0.5, 0.6) is 5.75 Å². The number of nitrogens with one attached hydrogen (secondary N) is 1. The van der Waals surface area contributed by atoms with Gasteiger partial charge < -0.3 is 9.47 Å². The Morgan fingerprint density at radius 2 is 2.06 bits per heavy atom. The molecule has 1 unspecified atom stereocenters. The minimum Gasteiger partial charge on any atom is -0.497 e. The lowest BCUT2D eigenvalue weighted by Crippen LogP contribution is -2.22. The van der Waals surface area contributed by atoms with Crippen LogP contribution >= 0.6 is 0 Å². The Hall–Kier alpha value is -1.57. The van der Waals surface area contributed by atoms with Crippen LogP contribution in [-0.2, 0) is 4.74 Å². The van der Waals surface area contributed by atoms with E-state index in [0.29, 0.717) is 0 Å². The smallest absolute Gasteiger partial charge is 0.121 e. The van der Waals surface area contributed by atoms with E-state index in [0.717, 1.165) is 37.5 Å². The second kappa shape index (κ2) is 8.51. The van der Waals surface area contributed by atoms with E-state index < -0.39 is 0 Å². The van der Waals surface area contributed by atoms with E-state index >= 15 is 0 Å². The van der Waals surface area contributed by atoms with Gasteiger partial charge in [-0.2, -0.15) is 5.26 Å². The number of hydrogen-bond acceptors (Lipinski definition) is 4. The number of ether oxygens (including phenoxy) is 2. The fraction of sp³-hybridized carbons (Fsp3) is 0.500. The summed E-state index contributed by atoms with van der Waals surface area (Å²) in [7, 11) is 1.63. The lowest BCUT2D eigenvalue weighted by Gasteiger charge is -2.12. The van der Waals surface area contributed by atoms with E-state index in [4.69, 9.17) is 14.7 Å². The quantitative estimate of drug-likeness (QED) is 0.717. The standard InChI is InChI=1S/C14H20N2O2/c1-3-18-10-4-9-16-14(11-15)12-5-7-13(17-2)8-6-12/h5-8,14,16H,3-4,9-10H2,1-2H3. The molecule has 0 bridgehead atoms. The molecule has 1 aromatic rings. The molecular weight excluding hydrogens is 228 g/mol. The molecule has 0 radical (unpaired) electrons. The third-order valence-corrected chi connectivity index (χ3v) is 2.60. The fourth-order valence-corrected chi connectivity index (χ4v) is 1.60. The second-order valence-electron chi connectivity index (χ2n) is 3.84. The zero-order valence-corrected chi connectivity index (χ0v) is 11.0. The highest BCUT2D eigenvalue weighted by atomic mass is 16.5. The van der Waals surface area contributed by atoms with E-state index in [9.17, 15) is 0 Å². The molecule has 0 amide bonds. The molecule has 1 rings (SSSR count). The van der Waals surface area contributed by atoms with Crippen LogP contribution in [0.1, 0.15) is 24.9 Å². The zero-order chi connectivity index (χ0) is 13.2. The second-order valence-corrected chi connectivity index (χ2v) is 3.84. The minimum atomic E-state index is -0.280. The molecule has 0 aliphatic heterocycles. The Bertz CT molecular complexity index is 370. The number of methoxy groups -OCH3 is 1. The average molecular weight is 248 g/mol. The van der Waals surface area contributed by atoms with Crippen molar-refractivity contribution in [2.24, 2.45) is 0 Å². The summed E-state index contributed by atoms with van der Waals surface area (Å²) in [5, 5.41) is 12.3. The number of benzene rings is 1. The van der Waals surface area contributed by atoms with Crippen molar-refractivity contribution in [1.82, 2.24) is 5.32 Å². The third-order valence-electron chi connectivity index (χ3n) is 2.60. The molecule has 0 saturated heterocycles. The average Bonchev–Trinajstić information content (AvgIpc) is 2.43. The first-order chi connectivity index (χ1) is 8.81. The summed E-state index contributed by atoms with van der Waals surface area (Å²) in [6, 6.07) is 9.51. The van der Waals surface area contributed by atoms with Gasteiger partial charge in [-0.3, -0.25) is 5.32 Å². The van der Waals surface area contributed by atoms with E-state index in [2.05, 4.69) is 11.4 Å². The van der Waals surface area contributed by atoms with Gasteiger partial charge in [-0.25, -0.2) is 0 Å². The van der Waals surface area contributed by atoms with Crippen LogP contribution in [0, 0.1) is 11.3 Å². The van der Waals surface area contributed by atoms with Gasteiger partial charge in [0.25, 0.3) is 0 Å². The van der Waals surface area contributed by atoms with Crippen molar-refractivity contribution in [2.75, 3.05) is 26.9 Å². The van der Waals surface area contributed by atoms with Crippen LogP contribution < -0.4 is 10.1 Å². The van der Waals surface area contributed by atoms with Crippen LogP contribution in [-0.4, -0.2) is 26.9 Å². The zero-order valence-electron chi connectivity index (χ0n) is 11.0. The molecule has 0 fully saturated rings. The predicted molar refractivity (Wildman–Crippen MR) is 70.5 cm³/mol. The highest BCUT2D eigenvalue weighted by Crippen LogP contribution is 2.17. The third kappa shape index (κ3) is 4.74. The van der Waals surface area contributed by atoms with Gasteiger partial charge in [0.1, 0.15) is 11.8 Å². The summed E-state index contributed by atoms with van der Waals surface area (Å²) in [6.07, 6.45) is 0.905. The van der Waals surface area contributed by atoms with Crippen molar-refractivity contribution in [2.45, 2.75) is 19.4 Å². The molecule has 1 aromatic carbocycles. The van der Waals surface area contributed by atoms with Gasteiger partial charge >= 0.3 is 0 Å². The molecule has 0 spiro atoms. The normalized spacial score (nSPS) is 11.8. The van der Waals surface area contributed by atoms with Crippen LogP contribution in [0.2, 0.25) is 0 Å². The predicted octanol–water partition coefficient (Wildman–Crippen LogP) is 2.28. The number of hydrogen-bond donors (Lipinski definition) is 1. The molecule has 1 N–H and O–H groups in total. The van der Waals surface area contributed by atoms with E-state index in [1.165, 1.54) is 0 Å². The Balaban J connectivity index is 2.42. The fourth-order valence-electron chi connectivity index (χ4n) is 1.60. The number of rotatable bonds is 8. The summed E-state index contributed by atoms with van der Waals surface area (Å²) in [5.41, 5.74) is 0.953. The van der Waals surface area contributed by atoms with Crippen LogP contribution in [0.25, 0.3) is 0 Å². The van der Waals surface area contributed by atoms with Gasteiger partial charge in [0, 0.05) is 13.2 Å². The molecule has 1 atom stereocenters. The summed E-state index contributed by atoms with van der Waals surface area (Å²) in [4.78, 5) is 0. The molecule has 98 valence electrons. The Kier molecular flexibility index (Phi) is 6.85. The Morgan fingerprint density at radius 1 is 1.33 bits per heavy atom. The van der Waals surface area contributed by atoms with E-state index in [-0.39, 0.29) is 6.04 Å². The Morgan fingerprint density at radius 3 is 2.61 bits per heavy atom. The SMILES string of the molecule is CCOCCCNC(C#N)c1ccc(OC)cc1. The van der Waals surface area contributed by atoms with Crippen LogP contribution in [0.15, 0.2) is 24.3 Å². The maximum atomic E-state index is 9.13. The molecule has 0 aliphatic rings. The number of nitrogens with zero attached hydrogens (tertiary/aromatic N) is 1. The topological polar surface area (TPSA) is 54.3 Å². The van der Waals surface area contributed by atoms with Gasteiger partial charge in [0.2, 0.25) is 0 Å². The van der Waals surface area contributed by atoms with Crippen molar-refractivity contribution in [1.29, 1.82) is 5.26 Å². The van der Waals surface area contributed by atoms with Gasteiger partial charge in [0.05, 0.1) is 13.2 Å². The summed E-state index contributed by atoms with van der Waals surface area (Å²) < 4.78 is 10.3. The molecule has 4 nitrogen and oxygen atoms in total. The lowest BCUT2D eigenvalue weighted by atomic mass is 10.1. The number of nitriles is 1. The van der Waals surface area contributed by atoms with Crippen molar-refractivity contribution in [3.8, 4) is 11.8 Å². The van der Waals surface area contributed by atoms with Gasteiger partial charge in [-0.05, 0) is 37.6 Å². The van der Waals surface area contributed by atoms with Crippen molar-refractivity contribution in [3.63, 3.8) is 0 Å². The molecule has 0 aromatic heterocycles. The van der Waals surface area contributed by atoms with Gasteiger partial charge in [0.15, 0.2) is 0 Å². The largest absolute Gasteiger partial charge is 0.497 e. The van der Waals surface area contributed by atoms with Crippen LogP contribution in [0.4, 0.5) is 0 Å². The van der Waals surface area contributed by atoms with E-state index in [1.807, 2.05) is 31.2 Å². The molecule has 0 heterocycles. The first-order valence-electron chi connectivity index (χ1n) is 6.16. The molecule has 0 saturated carbocycles. The molecule has 18 heavy (non-hydrogen) atoms. The van der Waals surface area contributed by atoms with Gasteiger partial charge in [-0.15, -0.1) is 0 Å². The monoisotopic (exact) mass is 248 g/mol. The molecule has 0 aliphatic carbocycles. The van der Waals surface area contributed by atoms with Crippen molar-refractivity contribution in [3.05, 3.63) is 29.8 Å².